The second kappa shape index (κ2) is 7.18. The third-order valence-electron chi connectivity index (χ3n) is 4.11. The smallest absolute Gasteiger partial charge is 0.272 e. The summed E-state index contributed by atoms with van der Waals surface area (Å²) in [6.07, 6.45) is 0. The molecule has 4 nitrogen and oxygen atoms in total. The predicted octanol–water partition coefficient (Wildman–Crippen LogP) is 4.23. The molecule has 0 aliphatic heterocycles. The standard InChI is InChI=1S/C18H22N2O2/c1-4-19(12-16-9-6-5-8-14(16)2)13-17-10-7-11-18(15(17)3)20(21)22/h5-11H,4,12-13H2,1-3H3. The van der Waals surface area contributed by atoms with Crippen molar-refractivity contribution in [3.8, 4) is 0 Å². The van der Waals surface area contributed by atoms with E-state index in [0.717, 1.165) is 30.8 Å². The first-order valence-electron chi connectivity index (χ1n) is 7.52. The van der Waals surface area contributed by atoms with E-state index in [-0.39, 0.29) is 10.6 Å². The van der Waals surface area contributed by atoms with Crippen LogP contribution in [0.3, 0.4) is 0 Å². The minimum Gasteiger partial charge on any atom is -0.295 e. The van der Waals surface area contributed by atoms with Gasteiger partial charge in [0.2, 0.25) is 0 Å². The maximum absolute atomic E-state index is 11.1. The van der Waals surface area contributed by atoms with Crippen molar-refractivity contribution >= 4 is 5.69 Å². The third-order valence-corrected chi connectivity index (χ3v) is 4.11. The lowest BCUT2D eigenvalue weighted by molar-refractivity contribution is -0.385. The zero-order valence-electron chi connectivity index (χ0n) is 13.4. The van der Waals surface area contributed by atoms with E-state index in [1.165, 1.54) is 11.1 Å². The minimum absolute atomic E-state index is 0.199. The molecule has 0 N–H and O–H groups in total. The lowest BCUT2D eigenvalue weighted by atomic mass is 10.0. The van der Waals surface area contributed by atoms with Crippen LogP contribution in [-0.2, 0) is 13.1 Å². The van der Waals surface area contributed by atoms with Gasteiger partial charge in [-0.1, -0.05) is 43.3 Å². The summed E-state index contributed by atoms with van der Waals surface area (Å²) in [5.74, 6) is 0. The van der Waals surface area contributed by atoms with Crippen molar-refractivity contribution in [1.82, 2.24) is 4.90 Å². The molecule has 0 heterocycles. The summed E-state index contributed by atoms with van der Waals surface area (Å²) in [6.45, 7) is 8.53. The van der Waals surface area contributed by atoms with E-state index in [0.29, 0.717) is 0 Å². The summed E-state index contributed by atoms with van der Waals surface area (Å²) in [5, 5.41) is 11.1. The summed E-state index contributed by atoms with van der Waals surface area (Å²) < 4.78 is 0. The van der Waals surface area contributed by atoms with Crippen molar-refractivity contribution in [3.63, 3.8) is 0 Å². The van der Waals surface area contributed by atoms with E-state index in [9.17, 15) is 10.1 Å². The summed E-state index contributed by atoms with van der Waals surface area (Å²) in [6, 6.07) is 13.6. The number of rotatable bonds is 6. The van der Waals surface area contributed by atoms with E-state index in [4.69, 9.17) is 0 Å². The Bertz CT molecular complexity index is 668. The van der Waals surface area contributed by atoms with Crippen molar-refractivity contribution in [2.24, 2.45) is 0 Å². The Morgan fingerprint density at radius 2 is 1.64 bits per heavy atom. The van der Waals surface area contributed by atoms with Gasteiger partial charge in [-0.3, -0.25) is 15.0 Å². The van der Waals surface area contributed by atoms with Crippen LogP contribution < -0.4 is 0 Å². The van der Waals surface area contributed by atoms with Gasteiger partial charge in [0.1, 0.15) is 0 Å². The van der Waals surface area contributed by atoms with Crippen LogP contribution >= 0.6 is 0 Å². The highest BCUT2D eigenvalue weighted by Crippen LogP contribution is 2.23. The van der Waals surface area contributed by atoms with Gasteiger partial charge in [0.15, 0.2) is 0 Å². The number of hydrogen-bond acceptors (Lipinski definition) is 3. The molecule has 2 aromatic rings. The molecular formula is C18H22N2O2. The van der Waals surface area contributed by atoms with Gasteiger partial charge in [-0.05, 0) is 37.1 Å². The summed E-state index contributed by atoms with van der Waals surface area (Å²) >= 11 is 0. The molecule has 22 heavy (non-hydrogen) atoms. The van der Waals surface area contributed by atoms with Gasteiger partial charge in [-0.2, -0.15) is 0 Å². The van der Waals surface area contributed by atoms with Crippen molar-refractivity contribution < 1.29 is 4.92 Å². The Hall–Kier alpha value is -2.20. The van der Waals surface area contributed by atoms with Crippen LogP contribution in [0.4, 0.5) is 5.69 Å². The number of benzene rings is 2. The fourth-order valence-electron chi connectivity index (χ4n) is 2.59. The Morgan fingerprint density at radius 1 is 1.00 bits per heavy atom. The van der Waals surface area contributed by atoms with Gasteiger partial charge in [-0.15, -0.1) is 0 Å². The minimum atomic E-state index is -0.309. The highest BCUT2D eigenvalue weighted by Gasteiger charge is 2.15. The van der Waals surface area contributed by atoms with Gasteiger partial charge >= 0.3 is 0 Å². The lowest BCUT2D eigenvalue weighted by Gasteiger charge is -2.22. The first-order chi connectivity index (χ1) is 10.5. The van der Waals surface area contributed by atoms with E-state index in [1.54, 1.807) is 12.1 Å². The zero-order valence-corrected chi connectivity index (χ0v) is 13.4. The molecule has 0 spiro atoms. The highest BCUT2D eigenvalue weighted by atomic mass is 16.6. The second-order valence-electron chi connectivity index (χ2n) is 5.55. The van der Waals surface area contributed by atoms with Crippen molar-refractivity contribution in [1.29, 1.82) is 0 Å². The van der Waals surface area contributed by atoms with Gasteiger partial charge in [0, 0.05) is 24.7 Å². The van der Waals surface area contributed by atoms with Crippen LogP contribution in [0, 0.1) is 24.0 Å². The number of nitro benzene ring substituents is 1. The molecule has 0 saturated carbocycles. The Balaban J connectivity index is 2.19. The topological polar surface area (TPSA) is 46.4 Å². The molecule has 0 saturated heterocycles. The van der Waals surface area contributed by atoms with Crippen LogP contribution in [0.1, 0.15) is 29.2 Å². The molecule has 0 fully saturated rings. The summed E-state index contributed by atoms with van der Waals surface area (Å²) in [4.78, 5) is 13.0. The lowest BCUT2D eigenvalue weighted by Crippen LogP contribution is -2.23. The van der Waals surface area contributed by atoms with E-state index < -0.39 is 0 Å². The molecule has 0 amide bonds. The van der Waals surface area contributed by atoms with Crippen LogP contribution in [0.2, 0.25) is 0 Å². The second-order valence-corrected chi connectivity index (χ2v) is 5.55. The predicted molar refractivity (Wildman–Crippen MR) is 88.8 cm³/mol. The van der Waals surface area contributed by atoms with Crippen molar-refractivity contribution in [2.75, 3.05) is 6.54 Å². The Morgan fingerprint density at radius 3 is 2.27 bits per heavy atom. The van der Waals surface area contributed by atoms with Crippen molar-refractivity contribution in [3.05, 3.63) is 74.8 Å². The normalized spacial score (nSPS) is 10.9. The fourth-order valence-corrected chi connectivity index (χ4v) is 2.59. The molecule has 4 heteroatoms. The average Bonchev–Trinajstić information content (AvgIpc) is 2.50. The Labute approximate surface area is 131 Å². The van der Waals surface area contributed by atoms with E-state index >= 15 is 0 Å². The average molecular weight is 298 g/mol. The molecule has 0 aromatic heterocycles. The van der Waals surface area contributed by atoms with Gasteiger partial charge in [0.25, 0.3) is 5.69 Å². The van der Waals surface area contributed by atoms with Gasteiger partial charge < -0.3 is 0 Å². The first-order valence-corrected chi connectivity index (χ1v) is 7.52. The molecule has 116 valence electrons. The molecular weight excluding hydrogens is 276 g/mol. The maximum Gasteiger partial charge on any atom is 0.272 e. The number of nitrogens with zero attached hydrogens (tertiary/aromatic N) is 2. The number of aryl methyl sites for hydroxylation is 1. The van der Waals surface area contributed by atoms with Crippen LogP contribution in [-0.4, -0.2) is 16.4 Å². The largest absolute Gasteiger partial charge is 0.295 e. The fraction of sp³-hybridized carbons (Fsp3) is 0.333. The maximum atomic E-state index is 11.1. The molecule has 0 atom stereocenters. The Kier molecular flexibility index (Phi) is 5.28. The number of hydrogen-bond donors (Lipinski definition) is 0. The zero-order chi connectivity index (χ0) is 16.1. The van der Waals surface area contributed by atoms with Crippen LogP contribution in [0.15, 0.2) is 42.5 Å². The van der Waals surface area contributed by atoms with E-state index in [1.807, 2.05) is 19.1 Å². The summed E-state index contributed by atoms with van der Waals surface area (Å²) in [7, 11) is 0. The third kappa shape index (κ3) is 3.71. The molecule has 0 aliphatic rings. The molecule has 0 radical (unpaired) electrons. The van der Waals surface area contributed by atoms with Crippen LogP contribution in [0.5, 0.6) is 0 Å². The molecule has 2 aromatic carbocycles. The quantitative estimate of drug-likeness (QED) is 0.592. The molecule has 0 aliphatic carbocycles. The SMILES string of the molecule is CCN(Cc1ccccc1C)Cc1cccc([N+](=O)[O-])c1C. The van der Waals surface area contributed by atoms with E-state index in [2.05, 4.69) is 36.9 Å². The van der Waals surface area contributed by atoms with Gasteiger partial charge in [-0.25, -0.2) is 0 Å². The summed E-state index contributed by atoms with van der Waals surface area (Å²) in [5.41, 5.74) is 4.55. The van der Waals surface area contributed by atoms with Crippen molar-refractivity contribution in [2.45, 2.75) is 33.9 Å². The highest BCUT2D eigenvalue weighted by molar-refractivity contribution is 5.44. The first kappa shape index (κ1) is 16.2. The molecule has 2 rings (SSSR count). The number of nitro groups is 1. The molecule has 0 bridgehead atoms. The monoisotopic (exact) mass is 298 g/mol. The van der Waals surface area contributed by atoms with Crippen LogP contribution in [0.25, 0.3) is 0 Å². The van der Waals surface area contributed by atoms with Gasteiger partial charge in [0.05, 0.1) is 4.92 Å². The molecule has 0 unspecified atom stereocenters.